The quantitative estimate of drug-likeness (QED) is 0.830. The van der Waals surface area contributed by atoms with Gasteiger partial charge in [0.1, 0.15) is 6.04 Å². The number of hydrogen-bond donors (Lipinski definition) is 2. The fourth-order valence-electron chi connectivity index (χ4n) is 2.21. The van der Waals surface area contributed by atoms with Gasteiger partial charge in [-0.15, -0.1) is 0 Å². The fourth-order valence-corrected chi connectivity index (χ4v) is 2.21. The van der Waals surface area contributed by atoms with E-state index in [2.05, 4.69) is 32.9 Å². The third-order valence-corrected chi connectivity index (χ3v) is 3.09. The maximum Gasteiger partial charge on any atom is 0.321 e. The summed E-state index contributed by atoms with van der Waals surface area (Å²) in [6.07, 6.45) is 0. The summed E-state index contributed by atoms with van der Waals surface area (Å²) in [6, 6.07) is 3.46. The highest BCUT2D eigenvalue weighted by Crippen LogP contribution is 2.17. The molecule has 0 heterocycles. The van der Waals surface area contributed by atoms with Gasteiger partial charge in [0.25, 0.3) is 0 Å². The highest BCUT2D eigenvalue weighted by molar-refractivity contribution is 5.73. The van der Waals surface area contributed by atoms with Crippen molar-refractivity contribution in [3.05, 3.63) is 34.4 Å². The Balaban J connectivity index is 2.76. The van der Waals surface area contributed by atoms with E-state index < -0.39 is 12.0 Å². The zero-order chi connectivity index (χ0) is 13.9. The standard InChI is InChI=1S/C14H22N2O2/c1-9-5-10(2)12(11(3)6-9)7-16(4)8-13(15)14(17)18/h5-6,13H,7-8,15H2,1-4H3,(H,17,18). The predicted octanol–water partition coefficient (Wildman–Crippen LogP) is 1.46. The molecule has 1 atom stereocenters. The van der Waals surface area contributed by atoms with Crippen molar-refractivity contribution in [1.29, 1.82) is 0 Å². The molecule has 0 bridgehead atoms. The summed E-state index contributed by atoms with van der Waals surface area (Å²) in [7, 11) is 1.89. The lowest BCUT2D eigenvalue weighted by Gasteiger charge is -2.21. The molecule has 18 heavy (non-hydrogen) atoms. The summed E-state index contributed by atoms with van der Waals surface area (Å²) < 4.78 is 0. The van der Waals surface area contributed by atoms with Crippen LogP contribution in [-0.4, -0.2) is 35.6 Å². The molecule has 100 valence electrons. The van der Waals surface area contributed by atoms with Crippen LogP contribution >= 0.6 is 0 Å². The second kappa shape index (κ2) is 5.98. The minimum absolute atomic E-state index is 0.349. The van der Waals surface area contributed by atoms with Gasteiger partial charge in [0, 0.05) is 13.1 Å². The lowest BCUT2D eigenvalue weighted by atomic mass is 9.99. The second-order valence-electron chi connectivity index (χ2n) is 5.02. The summed E-state index contributed by atoms with van der Waals surface area (Å²) in [6.45, 7) is 7.31. The Morgan fingerprint density at radius 3 is 2.28 bits per heavy atom. The molecule has 0 amide bonds. The van der Waals surface area contributed by atoms with Crippen molar-refractivity contribution in [2.45, 2.75) is 33.4 Å². The average Bonchev–Trinajstić information content (AvgIpc) is 2.23. The maximum atomic E-state index is 10.7. The molecule has 0 aliphatic heterocycles. The molecule has 1 unspecified atom stereocenters. The van der Waals surface area contributed by atoms with Gasteiger partial charge in [-0.2, -0.15) is 0 Å². The monoisotopic (exact) mass is 250 g/mol. The molecule has 4 nitrogen and oxygen atoms in total. The Morgan fingerprint density at radius 1 is 1.33 bits per heavy atom. The molecule has 4 heteroatoms. The molecule has 0 spiro atoms. The SMILES string of the molecule is Cc1cc(C)c(CN(C)CC(N)C(=O)O)c(C)c1. The zero-order valence-corrected chi connectivity index (χ0v) is 11.5. The Kier molecular flexibility index (Phi) is 4.87. The van der Waals surface area contributed by atoms with E-state index in [9.17, 15) is 4.79 Å². The molecule has 0 aromatic heterocycles. The molecule has 1 rings (SSSR count). The number of hydrogen-bond acceptors (Lipinski definition) is 3. The van der Waals surface area contributed by atoms with Crippen LogP contribution in [0.5, 0.6) is 0 Å². The van der Waals surface area contributed by atoms with E-state index in [0.29, 0.717) is 6.54 Å². The maximum absolute atomic E-state index is 10.7. The number of aryl methyl sites for hydroxylation is 3. The van der Waals surface area contributed by atoms with E-state index in [-0.39, 0.29) is 0 Å². The number of likely N-dealkylation sites (N-methyl/N-ethyl adjacent to an activating group) is 1. The van der Waals surface area contributed by atoms with Crippen LogP contribution in [-0.2, 0) is 11.3 Å². The molecule has 3 N–H and O–H groups in total. The van der Waals surface area contributed by atoms with Crippen molar-refractivity contribution in [1.82, 2.24) is 4.90 Å². The first-order chi connectivity index (χ1) is 8.31. The highest BCUT2D eigenvalue weighted by atomic mass is 16.4. The molecule has 0 aliphatic carbocycles. The Morgan fingerprint density at radius 2 is 1.83 bits per heavy atom. The van der Waals surface area contributed by atoms with E-state index in [0.717, 1.165) is 6.54 Å². The van der Waals surface area contributed by atoms with Crippen LogP contribution in [0.15, 0.2) is 12.1 Å². The number of nitrogens with zero attached hydrogens (tertiary/aromatic N) is 1. The van der Waals surface area contributed by atoms with Crippen LogP contribution in [0.2, 0.25) is 0 Å². The molecule has 1 aromatic carbocycles. The van der Waals surface area contributed by atoms with E-state index in [1.165, 1.54) is 22.3 Å². The number of carboxylic acid groups (broad SMARTS) is 1. The summed E-state index contributed by atoms with van der Waals surface area (Å²) in [5.74, 6) is -0.959. The van der Waals surface area contributed by atoms with Crippen molar-refractivity contribution in [2.75, 3.05) is 13.6 Å². The number of rotatable bonds is 5. The summed E-state index contributed by atoms with van der Waals surface area (Å²) >= 11 is 0. The number of carbonyl (C=O) groups is 1. The zero-order valence-electron chi connectivity index (χ0n) is 11.5. The minimum atomic E-state index is -0.959. The largest absolute Gasteiger partial charge is 0.480 e. The highest BCUT2D eigenvalue weighted by Gasteiger charge is 2.15. The smallest absolute Gasteiger partial charge is 0.321 e. The van der Waals surface area contributed by atoms with Crippen LogP contribution in [0.3, 0.4) is 0 Å². The first-order valence-electron chi connectivity index (χ1n) is 6.05. The van der Waals surface area contributed by atoms with Gasteiger partial charge in [-0.3, -0.25) is 9.69 Å². The Bertz CT molecular complexity index is 420. The minimum Gasteiger partial charge on any atom is -0.480 e. The normalized spacial score (nSPS) is 12.8. The van der Waals surface area contributed by atoms with Gasteiger partial charge in [0.15, 0.2) is 0 Å². The van der Waals surface area contributed by atoms with Crippen LogP contribution in [0.1, 0.15) is 22.3 Å². The second-order valence-corrected chi connectivity index (χ2v) is 5.02. The van der Waals surface area contributed by atoms with Gasteiger partial charge in [-0.25, -0.2) is 0 Å². The average molecular weight is 250 g/mol. The first-order valence-corrected chi connectivity index (χ1v) is 6.05. The number of aliphatic carboxylic acids is 1. The van der Waals surface area contributed by atoms with Gasteiger partial charge in [-0.1, -0.05) is 17.7 Å². The van der Waals surface area contributed by atoms with E-state index in [1.54, 1.807) is 0 Å². The van der Waals surface area contributed by atoms with E-state index in [1.807, 2.05) is 11.9 Å². The Hall–Kier alpha value is -1.39. The summed E-state index contributed by atoms with van der Waals surface area (Å²) in [4.78, 5) is 12.7. The third-order valence-electron chi connectivity index (χ3n) is 3.09. The summed E-state index contributed by atoms with van der Waals surface area (Å²) in [5.41, 5.74) is 10.5. The van der Waals surface area contributed by atoms with Gasteiger partial charge < -0.3 is 10.8 Å². The van der Waals surface area contributed by atoms with Crippen molar-refractivity contribution in [3.63, 3.8) is 0 Å². The molecule has 1 aromatic rings. The molecule has 0 saturated carbocycles. The lowest BCUT2D eigenvalue weighted by molar-refractivity contribution is -0.138. The lowest BCUT2D eigenvalue weighted by Crippen LogP contribution is -2.41. The molecular formula is C14H22N2O2. The van der Waals surface area contributed by atoms with Crippen LogP contribution in [0.25, 0.3) is 0 Å². The van der Waals surface area contributed by atoms with Crippen molar-refractivity contribution >= 4 is 5.97 Å². The molecule has 0 radical (unpaired) electrons. The molecule has 0 aliphatic rings. The third kappa shape index (κ3) is 3.82. The fraction of sp³-hybridized carbons (Fsp3) is 0.500. The van der Waals surface area contributed by atoms with Crippen molar-refractivity contribution < 1.29 is 9.90 Å². The number of nitrogens with two attached hydrogens (primary N) is 1. The molecule has 0 fully saturated rings. The Labute approximate surface area is 108 Å². The van der Waals surface area contributed by atoms with Crippen LogP contribution in [0.4, 0.5) is 0 Å². The first kappa shape index (κ1) is 14.7. The topological polar surface area (TPSA) is 66.6 Å². The van der Waals surface area contributed by atoms with Gasteiger partial charge in [0.05, 0.1) is 0 Å². The predicted molar refractivity (Wildman–Crippen MR) is 72.6 cm³/mol. The number of benzene rings is 1. The number of carboxylic acids is 1. The van der Waals surface area contributed by atoms with Gasteiger partial charge in [0.2, 0.25) is 0 Å². The van der Waals surface area contributed by atoms with E-state index >= 15 is 0 Å². The van der Waals surface area contributed by atoms with E-state index in [4.69, 9.17) is 10.8 Å². The van der Waals surface area contributed by atoms with Crippen LogP contribution < -0.4 is 5.73 Å². The van der Waals surface area contributed by atoms with Gasteiger partial charge >= 0.3 is 5.97 Å². The van der Waals surface area contributed by atoms with Gasteiger partial charge in [-0.05, 0) is 44.5 Å². The van der Waals surface area contributed by atoms with Crippen molar-refractivity contribution in [2.24, 2.45) is 5.73 Å². The molecule has 0 saturated heterocycles. The summed E-state index contributed by atoms with van der Waals surface area (Å²) in [5, 5.41) is 8.79. The molecular weight excluding hydrogens is 228 g/mol. The van der Waals surface area contributed by atoms with Crippen LogP contribution in [0, 0.1) is 20.8 Å². The van der Waals surface area contributed by atoms with Crippen molar-refractivity contribution in [3.8, 4) is 0 Å².